The Morgan fingerprint density at radius 3 is 2.57 bits per heavy atom. The number of β-amino-alcohol motifs (C(OH)–C–C–N with tert-alkyl or cyclic N) is 1. The van der Waals surface area contributed by atoms with E-state index in [1.165, 1.54) is 19.2 Å². The van der Waals surface area contributed by atoms with Crippen LogP contribution in [0.1, 0.15) is 6.92 Å². The number of benzene rings is 1. The van der Waals surface area contributed by atoms with E-state index >= 15 is 0 Å². The Bertz CT molecular complexity index is 499. The standard InChI is InChI=1S/C14H21N3O4/c1-11(18)10-15-5-7-16(8-6-15)13-4-3-12(17(19)20)9-14(13)21-2/h3-4,9,11,18H,5-8,10H2,1-2H3/t11-/m0/s1. The molecule has 7 heteroatoms. The summed E-state index contributed by atoms with van der Waals surface area (Å²) in [7, 11) is 1.52. The van der Waals surface area contributed by atoms with E-state index in [-0.39, 0.29) is 11.8 Å². The molecule has 1 N–H and O–H groups in total. The molecule has 1 saturated heterocycles. The molecule has 0 aliphatic carbocycles. The summed E-state index contributed by atoms with van der Waals surface area (Å²) < 4.78 is 5.28. The van der Waals surface area contributed by atoms with Crippen molar-refractivity contribution < 1.29 is 14.8 Å². The highest BCUT2D eigenvalue weighted by molar-refractivity contribution is 5.62. The van der Waals surface area contributed by atoms with Crippen LogP contribution in [0.15, 0.2) is 18.2 Å². The lowest BCUT2D eigenvalue weighted by atomic mass is 10.2. The molecule has 1 aliphatic rings. The zero-order valence-corrected chi connectivity index (χ0v) is 12.4. The molecule has 0 radical (unpaired) electrons. The highest BCUT2D eigenvalue weighted by Gasteiger charge is 2.21. The van der Waals surface area contributed by atoms with E-state index in [0.29, 0.717) is 12.3 Å². The van der Waals surface area contributed by atoms with Gasteiger partial charge in [0.25, 0.3) is 5.69 Å². The Labute approximate surface area is 123 Å². The van der Waals surface area contributed by atoms with Crippen LogP contribution in [0, 0.1) is 10.1 Å². The van der Waals surface area contributed by atoms with Crippen LogP contribution in [0.2, 0.25) is 0 Å². The normalized spacial score (nSPS) is 17.6. The number of non-ortho nitro benzene ring substituents is 1. The maximum Gasteiger partial charge on any atom is 0.273 e. The molecule has 1 atom stereocenters. The SMILES string of the molecule is COc1cc([N+](=O)[O-])ccc1N1CCN(C[C@H](C)O)CC1. The van der Waals surface area contributed by atoms with Gasteiger partial charge in [-0.2, -0.15) is 0 Å². The lowest BCUT2D eigenvalue weighted by molar-refractivity contribution is -0.384. The maximum atomic E-state index is 10.8. The summed E-state index contributed by atoms with van der Waals surface area (Å²) in [5.74, 6) is 0.521. The number of nitro groups is 1. The predicted octanol–water partition coefficient (Wildman–Crippen LogP) is 1.11. The number of piperazine rings is 1. The summed E-state index contributed by atoms with van der Waals surface area (Å²) in [6.07, 6.45) is -0.328. The quantitative estimate of drug-likeness (QED) is 0.647. The zero-order chi connectivity index (χ0) is 15.4. The molecule has 0 saturated carbocycles. The van der Waals surface area contributed by atoms with Crippen LogP contribution in [0.3, 0.4) is 0 Å². The largest absolute Gasteiger partial charge is 0.494 e. The molecule has 116 valence electrons. The molecular formula is C14H21N3O4. The number of nitro benzene ring substituents is 1. The average Bonchev–Trinajstić information content (AvgIpc) is 2.46. The molecule has 1 fully saturated rings. The molecule has 21 heavy (non-hydrogen) atoms. The van der Waals surface area contributed by atoms with E-state index in [0.717, 1.165) is 31.9 Å². The second-order valence-corrected chi connectivity index (χ2v) is 5.25. The summed E-state index contributed by atoms with van der Waals surface area (Å²) in [5, 5.41) is 20.2. The Morgan fingerprint density at radius 1 is 1.38 bits per heavy atom. The number of aliphatic hydroxyl groups excluding tert-OH is 1. The maximum absolute atomic E-state index is 10.8. The highest BCUT2D eigenvalue weighted by atomic mass is 16.6. The second kappa shape index (κ2) is 6.73. The van der Waals surface area contributed by atoms with E-state index in [2.05, 4.69) is 9.80 Å². The second-order valence-electron chi connectivity index (χ2n) is 5.25. The number of nitrogens with zero attached hydrogens (tertiary/aromatic N) is 3. The van der Waals surface area contributed by atoms with Gasteiger partial charge in [-0.25, -0.2) is 0 Å². The van der Waals surface area contributed by atoms with E-state index in [4.69, 9.17) is 4.74 Å². The summed E-state index contributed by atoms with van der Waals surface area (Å²) in [6.45, 7) is 5.77. The van der Waals surface area contributed by atoms with Gasteiger partial charge in [0.15, 0.2) is 0 Å². The number of anilines is 1. The molecule has 0 amide bonds. The summed E-state index contributed by atoms with van der Waals surface area (Å²) >= 11 is 0. The Balaban J connectivity index is 2.07. The van der Waals surface area contributed by atoms with Crippen molar-refractivity contribution in [1.29, 1.82) is 0 Å². The van der Waals surface area contributed by atoms with E-state index in [1.54, 1.807) is 13.0 Å². The molecule has 2 rings (SSSR count). The van der Waals surface area contributed by atoms with Gasteiger partial charge in [-0.3, -0.25) is 15.0 Å². The van der Waals surface area contributed by atoms with Crippen molar-refractivity contribution in [2.75, 3.05) is 44.7 Å². The van der Waals surface area contributed by atoms with Crippen LogP contribution in [-0.4, -0.2) is 60.9 Å². The summed E-state index contributed by atoms with van der Waals surface area (Å²) in [5.41, 5.74) is 0.906. The van der Waals surface area contributed by atoms with Gasteiger partial charge in [-0.05, 0) is 13.0 Å². The van der Waals surface area contributed by atoms with E-state index in [1.807, 2.05) is 0 Å². The van der Waals surface area contributed by atoms with Gasteiger partial charge in [-0.1, -0.05) is 0 Å². The number of hydrogen-bond acceptors (Lipinski definition) is 6. The van der Waals surface area contributed by atoms with Crippen LogP contribution in [0.4, 0.5) is 11.4 Å². The first-order valence-electron chi connectivity index (χ1n) is 6.99. The first-order valence-corrected chi connectivity index (χ1v) is 6.99. The van der Waals surface area contributed by atoms with Gasteiger partial charge in [0, 0.05) is 38.8 Å². The van der Waals surface area contributed by atoms with Gasteiger partial charge in [0.1, 0.15) is 5.75 Å². The lowest BCUT2D eigenvalue weighted by Crippen LogP contribution is -2.48. The van der Waals surface area contributed by atoms with Crippen molar-refractivity contribution in [3.8, 4) is 5.75 Å². The minimum atomic E-state index is -0.424. The summed E-state index contributed by atoms with van der Waals surface area (Å²) in [4.78, 5) is 14.7. The van der Waals surface area contributed by atoms with Gasteiger partial charge >= 0.3 is 0 Å². The molecule has 7 nitrogen and oxygen atoms in total. The van der Waals surface area contributed by atoms with Gasteiger partial charge < -0.3 is 14.7 Å². The van der Waals surface area contributed by atoms with Crippen LogP contribution < -0.4 is 9.64 Å². The summed E-state index contributed by atoms with van der Waals surface area (Å²) in [6, 6.07) is 4.69. The van der Waals surface area contributed by atoms with Crippen LogP contribution in [0.25, 0.3) is 0 Å². The number of methoxy groups -OCH3 is 1. The van der Waals surface area contributed by atoms with Gasteiger partial charge in [0.05, 0.1) is 29.9 Å². The first kappa shape index (κ1) is 15.5. The minimum Gasteiger partial charge on any atom is -0.494 e. The third-order valence-corrected chi connectivity index (χ3v) is 3.61. The molecular weight excluding hydrogens is 274 g/mol. The minimum absolute atomic E-state index is 0.0309. The molecule has 1 heterocycles. The number of ether oxygens (including phenoxy) is 1. The lowest BCUT2D eigenvalue weighted by Gasteiger charge is -2.37. The van der Waals surface area contributed by atoms with Gasteiger partial charge in [-0.15, -0.1) is 0 Å². The van der Waals surface area contributed by atoms with Crippen molar-refractivity contribution in [2.24, 2.45) is 0 Å². The van der Waals surface area contributed by atoms with Crippen LogP contribution in [-0.2, 0) is 0 Å². The molecule has 0 unspecified atom stereocenters. The third kappa shape index (κ3) is 3.83. The number of aliphatic hydroxyl groups is 1. The molecule has 0 aromatic heterocycles. The molecule has 1 aliphatic heterocycles. The topological polar surface area (TPSA) is 79.1 Å². The number of hydrogen-bond donors (Lipinski definition) is 1. The number of rotatable bonds is 5. The van der Waals surface area contributed by atoms with Crippen molar-refractivity contribution in [1.82, 2.24) is 4.90 Å². The Kier molecular flexibility index (Phi) is 4.98. The van der Waals surface area contributed by atoms with Crippen LogP contribution in [0.5, 0.6) is 5.75 Å². The molecule has 0 spiro atoms. The van der Waals surface area contributed by atoms with E-state index < -0.39 is 4.92 Å². The highest BCUT2D eigenvalue weighted by Crippen LogP contribution is 2.32. The monoisotopic (exact) mass is 295 g/mol. The van der Waals surface area contributed by atoms with E-state index in [9.17, 15) is 15.2 Å². The van der Waals surface area contributed by atoms with Crippen molar-refractivity contribution in [3.63, 3.8) is 0 Å². The Morgan fingerprint density at radius 2 is 2.05 bits per heavy atom. The predicted molar refractivity (Wildman–Crippen MR) is 80.0 cm³/mol. The smallest absolute Gasteiger partial charge is 0.273 e. The zero-order valence-electron chi connectivity index (χ0n) is 12.4. The molecule has 1 aromatic carbocycles. The first-order chi connectivity index (χ1) is 10.0. The fraction of sp³-hybridized carbons (Fsp3) is 0.571. The molecule has 0 bridgehead atoms. The van der Waals surface area contributed by atoms with Crippen molar-refractivity contribution in [3.05, 3.63) is 28.3 Å². The van der Waals surface area contributed by atoms with Crippen molar-refractivity contribution >= 4 is 11.4 Å². The average molecular weight is 295 g/mol. The third-order valence-electron chi connectivity index (χ3n) is 3.61. The van der Waals surface area contributed by atoms with Gasteiger partial charge in [0.2, 0.25) is 0 Å². The fourth-order valence-corrected chi connectivity index (χ4v) is 2.59. The Hall–Kier alpha value is -1.86. The van der Waals surface area contributed by atoms with Crippen LogP contribution >= 0.6 is 0 Å². The van der Waals surface area contributed by atoms with Crippen molar-refractivity contribution in [2.45, 2.75) is 13.0 Å². The fourth-order valence-electron chi connectivity index (χ4n) is 2.59. The molecule has 1 aromatic rings.